The maximum absolute atomic E-state index is 13.0. The van der Waals surface area contributed by atoms with Crippen molar-refractivity contribution < 1.29 is 17.9 Å². The summed E-state index contributed by atoms with van der Waals surface area (Å²) in [5.41, 5.74) is 0.559. The molecule has 8 nitrogen and oxygen atoms in total. The first-order chi connectivity index (χ1) is 14.8. The van der Waals surface area contributed by atoms with Crippen LogP contribution in [0.4, 0.5) is 0 Å². The van der Waals surface area contributed by atoms with Crippen molar-refractivity contribution in [1.82, 2.24) is 13.8 Å². The van der Waals surface area contributed by atoms with Gasteiger partial charge in [-0.1, -0.05) is 44.2 Å². The average molecular weight is 448 g/mol. The van der Waals surface area contributed by atoms with E-state index < -0.39 is 15.6 Å². The fraction of sp³-hybridized carbons (Fsp3) is 0.455. The van der Waals surface area contributed by atoms with E-state index >= 15 is 0 Å². The van der Waals surface area contributed by atoms with Crippen LogP contribution >= 0.6 is 0 Å². The summed E-state index contributed by atoms with van der Waals surface area (Å²) in [6.45, 7) is 6.61. The van der Waals surface area contributed by atoms with Crippen molar-refractivity contribution in [2.24, 2.45) is 0 Å². The van der Waals surface area contributed by atoms with Crippen LogP contribution in [-0.4, -0.2) is 60.4 Å². The summed E-state index contributed by atoms with van der Waals surface area (Å²) in [6, 6.07) is 12.2. The van der Waals surface area contributed by atoms with Gasteiger partial charge in [-0.3, -0.25) is 9.59 Å². The van der Waals surface area contributed by atoms with Crippen LogP contribution in [0.5, 0.6) is 0 Å². The molecule has 1 aliphatic heterocycles. The molecule has 31 heavy (non-hydrogen) atoms. The van der Waals surface area contributed by atoms with Crippen molar-refractivity contribution in [1.29, 1.82) is 0 Å². The quantitative estimate of drug-likeness (QED) is 0.647. The van der Waals surface area contributed by atoms with Gasteiger partial charge in [0.25, 0.3) is 5.56 Å². The summed E-state index contributed by atoms with van der Waals surface area (Å²) in [6.07, 6.45) is 0.848. The molecule has 0 radical (unpaired) electrons. The van der Waals surface area contributed by atoms with Crippen molar-refractivity contribution in [3.8, 4) is 0 Å². The van der Waals surface area contributed by atoms with E-state index in [4.69, 9.17) is 4.74 Å². The van der Waals surface area contributed by atoms with Crippen LogP contribution in [0, 0.1) is 0 Å². The smallest absolute Gasteiger partial charge is 0.251 e. The van der Waals surface area contributed by atoms with E-state index in [2.05, 4.69) is 0 Å². The number of ether oxygens (including phenoxy) is 1. The van der Waals surface area contributed by atoms with Crippen molar-refractivity contribution in [3.05, 3.63) is 64.6 Å². The van der Waals surface area contributed by atoms with Gasteiger partial charge in [0, 0.05) is 31.9 Å². The molecule has 1 aliphatic rings. The van der Waals surface area contributed by atoms with Crippen LogP contribution in [0.2, 0.25) is 0 Å². The van der Waals surface area contributed by atoms with E-state index in [-0.39, 0.29) is 29.6 Å². The third-order valence-electron chi connectivity index (χ3n) is 5.39. The topological polar surface area (TPSA) is 88.9 Å². The van der Waals surface area contributed by atoms with Crippen LogP contribution in [0.25, 0.3) is 0 Å². The van der Waals surface area contributed by atoms with E-state index in [1.165, 1.54) is 22.6 Å². The Hall–Kier alpha value is -2.49. The van der Waals surface area contributed by atoms with Gasteiger partial charge >= 0.3 is 0 Å². The largest absolute Gasteiger partial charge is 0.367 e. The maximum atomic E-state index is 13.0. The Kier molecular flexibility index (Phi) is 7.30. The number of hydrogen-bond acceptors (Lipinski definition) is 5. The fourth-order valence-corrected chi connectivity index (χ4v) is 5.23. The lowest BCUT2D eigenvalue weighted by Crippen LogP contribution is -2.47. The fourth-order valence-electron chi connectivity index (χ4n) is 3.75. The summed E-state index contributed by atoms with van der Waals surface area (Å²) in [5.74, 6) is -0.254. The van der Waals surface area contributed by atoms with E-state index in [1.54, 1.807) is 18.7 Å². The zero-order valence-corrected chi connectivity index (χ0v) is 18.9. The second-order valence-corrected chi connectivity index (χ2v) is 9.50. The number of carbonyl (C=O) groups excluding carboxylic acids is 1. The van der Waals surface area contributed by atoms with E-state index in [9.17, 15) is 18.0 Å². The zero-order chi connectivity index (χ0) is 22.6. The standard InChI is InChI=1S/C22H29N3O5S/c1-4-25(5-2)31(28,29)19-11-12-21(26)24(14-19)16-22(27)23-13-17(3)30-20(15-23)18-9-7-6-8-10-18/h6-12,14,17,20H,4-5,13,15-16H2,1-3H3. The second kappa shape index (κ2) is 9.76. The van der Waals surface area contributed by atoms with Gasteiger partial charge in [-0.2, -0.15) is 4.31 Å². The summed E-state index contributed by atoms with van der Waals surface area (Å²) >= 11 is 0. The van der Waals surface area contributed by atoms with Crippen LogP contribution in [0.1, 0.15) is 32.4 Å². The number of nitrogens with zero attached hydrogens (tertiary/aromatic N) is 3. The zero-order valence-electron chi connectivity index (χ0n) is 18.1. The molecule has 0 aliphatic carbocycles. The van der Waals surface area contributed by atoms with Crippen molar-refractivity contribution >= 4 is 15.9 Å². The van der Waals surface area contributed by atoms with E-state index in [1.807, 2.05) is 37.3 Å². The van der Waals surface area contributed by atoms with Gasteiger partial charge in [0.05, 0.1) is 17.5 Å². The minimum absolute atomic E-state index is 0.00103. The lowest BCUT2D eigenvalue weighted by Gasteiger charge is -2.37. The number of pyridine rings is 1. The molecule has 0 spiro atoms. The molecule has 2 heterocycles. The number of sulfonamides is 1. The molecule has 0 bridgehead atoms. The first-order valence-electron chi connectivity index (χ1n) is 10.4. The molecule has 1 aromatic heterocycles. The van der Waals surface area contributed by atoms with Crippen LogP contribution in [0.15, 0.2) is 58.4 Å². The summed E-state index contributed by atoms with van der Waals surface area (Å²) in [5, 5.41) is 0. The normalized spacial score (nSPS) is 19.5. The van der Waals surface area contributed by atoms with Gasteiger partial charge in [0.2, 0.25) is 15.9 Å². The highest BCUT2D eigenvalue weighted by molar-refractivity contribution is 7.89. The minimum atomic E-state index is -3.73. The van der Waals surface area contributed by atoms with Gasteiger partial charge in [-0.15, -0.1) is 0 Å². The highest BCUT2D eigenvalue weighted by Gasteiger charge is 2.30. The number of aromatic nitrogens is 1. The molecular formula is C22H29N3O5S. The van der Waals surface area contributed by atoms with Gasteiger partial charge in [0.1, 0.15) is 12.6 Å². The monoisotopic (exact) mass is 447 g/mol. The van der Waals surface area contributed by atoms with Gasteiger partial charge in [-0.05, 0) is 18.6 Å². The molecule has 0 saturated carbocycles. The molecular weight excluding hydrogens is 418 g/mol. The Labute approximate surface area is 183 Å². The van der Waals surface area contributed by atoms with Crippen LogP contribution in [0.3, 0.4) is 0 Å². The molecule has 2 atom stereocenters. The minimum Gasteiger partial charge on any atom is -0.367 e. The van der Waals surface area contributed by atoms with Gasteiger partial charge in [0.15, 0.2) is 0 Å². The highest BCUT2D eigenvalue weighted by Crippen LogP contribution is 2.25. The summed E-state index contributed by atoms with van der Waals surface area (Å²) < 4.78 is 34.0. The van der Waals surface area contributed by atoms with Crippen molar-refractivity contribution in [3.63, 3.8) is 0 Å². The number of hydrogen-bond donors (Lipinski definition) is 0. The van der Waals surface area contributed by atoms with Crippen LogP contribution < -0.4 is 5.56 Å². The Balaban J connectivity index is 1.80. The first kappa shape index (κ1) is 23.2. The molecule has 0 N–H and O–H groups in total. The molecule has 168 valence electrons. The van der Waals surface area contributed by atoms with E-state index in [0.717, 1.165) is 10.1 Å². The molecule has 2 unspecified atom stereocenters. The predicted octanol–water partition coefficient (Wildman–Crippen LogP) is 1.87. The lowest BCUT2D eigenvalue weighted by molar-refractivity contribution is -0.145. The second-order valence-electron chi connectivity index (χ2n) is 7.57. The third-order valence-corrected chi connectivity index (χ3v) is 7.42. The number of benzene rings is 1. The third kappa shape index (κ3) is 5.23. The van der Waals surface area contributed by atoms with Crippen molar-refractivity contribution in [2.75, 3.05) is 26.2 Å². The number of amides is 1. The Morgan fingerprint density at radius 1 is 1.10 bits per heavy atom. The summed E-state index contributed by atoms with van der Waals surface area (Å²) in [4.78, 5) is 27.0. The molecule has 2 aromatic rings. The first-order valence-corrected chi connectivity index (χ1v) is 11.9. The Morgan fingerprint density at radius 2 is 1.77 bits per heavy atom. The summed E-state index contributed by atoms with van der Waals surface area (Å²) in [7, 11) is -3.73. The van der Waals surface area contributed by atoms with E-state index in [0.29, 0.717) is 26.2 Å². The molecule has 1 fully saturated rings. The van der Waals surface area contributed by atoms with Gasteiger partial charge < -0.3 is 14.2 Å². The number of carbonyl (C=O) groups is 1. The molecule has 1 aromatic carbocycles. The van der Waals surface area contributed by atoms with Gasteiger partial charge in [-0.25, -0.2) is 8.42 Å². The Bertz CT molecular complexity index is 1060. The molecule has 3 rings (SSSR count). The highest BCUT2D eigenvalue weighted by atomic mass is 32.2. The molecule has 9 heteroatoms. The SMILES string of the molecule is CCN(CC)S(=O)(=O)c1ccc(=O)n(CC(=O)N2CC(C)OC(c3ccccc3)C2)c1. The maximum Gasteiger partial charge on any atom is 0.251 e. The number of morpholine rings is 1. The van der Waals surface area contributed by atoms with Crippen LogP contribution in [-0.2, 0) is 26.1 Å². The average Bonchev–Trinajstić information content (AvgIpc) is 2.76. The van der Waals surface area contributed by atoms with Crippen molar-refractivity contribution in [2.45, 2.75) is 44.4 Å². The lowest BCUT2D eigenvalue weighted by atomic mass is 10.1. The number of rotatable bonds is 7. The predicted molar refractivity (Wildman–Crippen MR) is 117 cm³/mol. The molecule has 1 amide bonds. The molecule has 1 saturated heterocycles. The Morgan fingerprint density at radius 3 is 2.42 bits per heavy atom.